The monoisotopic (exact) mass is 375 g/mol. The maximum absolute atomic E-state index is 11.9. The average molecular weight is 375 g/mol. The van der Waals surface area contributed by atoms with Crippen LogP contribution in [-0.4, -0.2) is 42.1 Å². The number of anilines is 1. The molecule has 0 unspecified atom stereocenters. The summed E-state index contributed by atoms with van der Waals surface area (Å²) in [5, 5.41) is 3.32. The molecule has 0 aliphatic carbocycles. The van der Waals surface area contributed by atoms with E-state index in [4.69, 9.17) is 15.5 Å². The Balaban J connectivity index is 1.63. The molecule has 0 saturated carbocycles. The number of hydrogen-bond donors (Lipinski definition) is 2. The Labute approximate surface area is 163 Å². The Morgan fingerprint density at radius 2 is 1.82 bits per heavy atom. The molecule has 3 aromatic rings. The van der Waals surface area contributed by atoms with Gasteiger partial charge in [-0.1, -0.05) is 6.07 Å². The Hall–Kier alpha value is -3.45. The number of nitrogens with zero attached hydrogens (tertiary/aromatic N) is 3. The fourth-order valence-corrected chi connectivity index (χ4v) is 3.15. The second-order valence-electron chi connectivity index (χ2n) is 6.46. The first-order valence-electron chi connectivity index (χ1n) is 9.16. The number of carbonyl (C=O) groups excluding carboxylic acids is 1. The molecule has 7 nitrogen and oxygen atoms in total. The van der Waals surface area contributed by atoms with Gasteiger partial charge in [0.25, 0.3) is 5.91 Å². The lowest BCUT2D eigenvalue weighted by Gasteiger charge is -2.29. The molecule has 4 rings (SSSR count). The highest BCUT2D eigenvalue weighted by atomic mass is 16.5. The molecule has 28 heavy (non-hydrogen) atoms. The third-order valence-corrected chi connectivity index (χ3v) is 4.57. The van der Waals surface area contributed by atoms with Crippen molar-refractivity contribution < 1.29 is 9.53 Å². The minimum absolute atomic E-state index is 0.400. The number of nitrogens with two attached hydrogens (primary N) is 1. The van der Waals surface area contributed by atoms with E-state index in [1.165, 1.54) is 0 Å². The van der Waals surface area contributed by atoms with Gasteiger partial charge in [0.1, 0.15) is 11.6 Å². The average Bonchev–Trinajstić information content (AvgIpc) is 2.75. The van der Waals surface area contributed by atoms with Crippen molar-refractivity contribution in [2.75, 3.05) is 31.1 Å². The van der Waals surface area contributed by atoms with Crippen molar-refractivity contribution in [2.45, 2.75) is 0 Å². The van der Waals surface area contributed by atoms with Crippen molar-refractivity contribution in [3.05, 3.63) is 66.4 Å². The first kappa shape index (κ1) is 17.9. The van der Waals surface area contributed by atoms with Crippen LogP contribution in [0.15, 0.2) is 60.8 Å². The maximum Gasteiger partial charge on any atom is 0.250 e. The van der Waals surface area contributed by atoms with E-state index in [1.54, 1.807) is 18.3 Å². The molecule has 0 radical (unpaired) electrons. The number of benzene rings is 1. The van der Waals surface area contributed by atoms with E-state index in [1.807, 2.05) is 42.5 Å². The van der Waals surface area contributed by atoms with Crippen molar-refractivity contribution in [2.24, 2.45) is 5.73 Å². The number of primary amides is 1. The van der Waals surface area contributed by atoms with Crippen LogP contribution in [0.5, 0.6) is 11.6 Å². The summed E-state index contributed by atoms with van der Waals surface area (Å²) < 4.78 is 5.73. The van der Waals surface area contributed by atoms with Crippen LogP contribution in [-0.2, 0) is 0 Å². The van der Waals surface area contributed by atoms with E-state index in [0.717, 1.165) is 37.6 Å². The van der Waals surface area contributed by atoms with Gasteiger partial charge >= 0.3 is 0 Å². The van der Waals surface area contributed by atoms with Gasteiger partial charge < -0.3 is 20.7 Å². The summed E-state index contributed by atoms with van der Waals surface area (Å²) in [5.41, 5.74) is 7.36. The van der Waals surface area contributed by atoms with Crippen molar-refractivity contribution in [3.8, 4) is 22.9 Å². The zero-order valence-electron chi connectivity index (χ0n) is 15.3. The van der Waals surface area contributed by atoms with Crippen molar-refractivity contribution in [1.82, 2.24) is 15.3 Å². The lowest BCUT2D eigenvalue weighted by atomic mass is 10.0. The van der Waals surface area contributed by atoms with E-state index in [9.17, 15) is 4.79 Å². The van der Waals surface area contributed by atoms with Gasteiger partial charge in [0, 0.05) is 44.0 Å². The van der Waals surface area contributed by atoms with Crippen LogP contribution in [0.25, 0.3) is 11.3 Å². The molecule has 1 aliphatic rings. The molecule has 7 heteroatoms. The minimum Gasteiger partial charge on any atom is -0.439 e. The Morgan fingerprint density at radius 3 is 2.50 bits per heavy atom. The van der Waals surface area contributed by atoms with Crippen LogP contribution >= 0.6 is 0 Å². The number of rotatable bonds is 5. The van der Waals surface area contributed by atoms with Gasteiger partial charge in [0.2, 0.25) is 5.88 Å². The van der Waals surface area contributed by atoms with E-state index in [0.29, 0.717) is 22.9 Å². The molecule has 142 valence electrons. The van der Waals surface area contributed by atoms with Crippen LogP contribution in [0.2, 0.25) is 0 Å². The number of nitrogens with one attached hydrogen (secondary N) is 1. The number of hydrogen-bond acceptors (Lipinski definition) is 6. The normalized spacial score (nSPS) is 13.9. The van der Waals surface area contributed by atoms with Crippen molar-refractivity contribution >= 4 is 11.7 Å². The zero-order valence-corrected chi connectivity index (χ0v) is 15.3. The van der Waals surface area contributed by atoms with E-state index >= 15 is 0 Å². The number of aromatic nitrogens is 2. The number of amides is 1. The third kappa shape index (κ3) is 3.94. The molecule has 3 heterocycles. The van der Waals surface area contributed by atoms with Gasteiger partial charge in [-0.25, -0.2) is 9.97 Å². The fourth-order valence-electron chi connectivity index (χ4n) is 3.15. The van der Waals surface area contributed by atoms with Crippen LogP contribution in [0, 0.1) is 0 Å². The summed E-state index contributed by atoms with van der Waals surface area (Å²) >= 11 is 0. The van der Waals surface area contributed by atoms with Crippen molar-refractivity contribution in [1.29, 1.82) is 0 Å². The summed E-state index contributed by atoms with van der Waals surface area (Å²) in [4.78, 5) is 23.0. The summed E-state index contributed by atoms with van der Waals surface area (Å²) in [6.45, 7) is 3.57. The number of pyridine rings is 2. The Kier molecular flexibility index (Phi) is 5.16. The molecule has 0 bridgehead atoms. The summed E-state index contributed by atoms with van der Waals surface area (Å²) in [5.74, 6) is 1.52. The van der Waals surface area contributed by atoms with Crippen LogP contribution in [0.4, 0.5) is 5.82 Å². The molecule has 1 aromatic carbocycles. The third-order valence-electron chi connectivity index (χ3n) is 4.57. The highest BCUT2D eigenvalue weighted by Gasteiger charge is 2.17. The number of ether oxygens (including phenoxy) is 1. The molecule has 1 saturated heterocycles. The second-order valence-corrected chi connectivity index (χ2v) is 6.46. The minimum atomic E-state index is -0.497. The summed E-state index contributed by atoms with van der Waals surface area (Å²) in [7, 11) is 0. The van der Waals surface area contributed by atoms with Gasteiger partial charge in [-0.05, 0) is 42.5 Å². The smallest absolute Gasteiger partial charge is 0.250 e. The molecule has 2 aromatic heterocycles. The largest absolute Gasteiger partial charge is 0.439 e. The highest BCUT2D eigenvalue weighted by molar-refractivity contribution is 5.99. The van der Waals surface area contributed by atoms with E-state index in [2.05, 4.69) is 15.2 Å². The molecular weight excluding hydrogens is 354 g/mol. The van der Waals surface area contributed by atoms with E-state index in [-0.39, 0.29) is 0 Å². The van der Waals surface area contributed by atoms with Gasteiger partial charge in [0.05, 0.1) is 11.3 Å². The van der Waals surface area contributed by atoms with Gasteiger partial charge in [-0.3, -0.25) is 4.79 Å². The lowest BCUT2D eigenvalue weighted by Crippen LogP contribution is -2.44. The van der Waals surface area contributed by atoms with E-state index < -0.39 is 5.91 Å². The standard InChI is InChI=1S/C21H21N5O2/c22-21(27)17-8-9-18(26-13-11-23-12-14-26)25-20(17)15-4-6-16(7-5-15)28-19-3-1-2-10-24-19/h1-10,23H,11-14H2,(H2,22,27). The summed E-state index contributed by atoms with van der Waals surface area (Å²) in [6, 6.07) is 16.5. The van der Waals surface area contributed by atoms with Crippen LogP contribution in [0.1, 0.15) is 10.4 Å². The van der Waals surface area contributed by atoms with Crippen LogP contribution in [0.3, 0.4) is 0 Å². The lowest BCUT2D eigenvalue weighted by molar-refractivity contribution is 0.100. The van der Waals surface area contributed by atoms with Gasteiger partial charge in [-0.15, -0.1) is 0 Å². The molecule has 1 aliphatic heterocycles. The quantitative estimate of drug-likeness (QED) is 0.711. The topological polar surface area (TPSA) is 93.4 Å². The molecule has 1 fully saturated rings. The summed E-state index contributed by atoms with van der Waals surface area (Å²) in [6.07, 6.45) is 1.67. The predicted octanol–water partition coefficient (Wildman–Crippen LogP) is 2.44. The second kappa shape index (κ2) is 8.06. The van der Waals surface area contributed by atoms with Crippen LogP contribution < -0.4 is 20.7 Å². The molecule has 1 amide bonds. The molecular formula is C21H21N5O2. The highest BCUT2D eigenvalue weighted by Crippen LogP contribution is 2.28. The molecule has 3 N–H and O–H groups in total. The first-order chi connectivity index (χ1) is 13.7. The molecule has 0 atom stereocenters. The fraction of sp³-hybridized carbons (Fsp3) is 0.190. The Morgan fingerprint density at radius 1 is 1.04 bits per heavy atom. The van der Waals surface area contributed by atoms with Crippen molar-refractivity contribution in [3.63, 3.8) is 0 Å². The maximum atomic E-state index is 11.9. The van der Waals surface area contributed by atoms with Gasteiger partial charge in [-0.2, -0.15) is 0 Å². The van der Waals surface area contributed by atoms with Gasteiger partial charge in [0.15, 0.2) is 0 Å². The zero-order chi connectivity index (χ0) is 19.3. The molecule has 0 spiro atoms. The Bertz CT molecular complexity index is 954. The number of carbonyl (C=O) groups is 1. The first-order valence-corrected chi connectivity index (χ1v) is 9.16. The number of piperazine rings is 1. The predicted molar refractivity (Wildman–Crippen MR) is 108 cm³/mol. The SMILES string of the molecule is NC(=O)c1ccc(N2CCNCC2)nc1-c1ccc(Oc2ccccn2)cc1.